The highest BCUT2D eigenvalue weighted by Crippen LogP contribution is 2.24. The molecule has 1 rings (SSSR count). The Morgan fingerprint density at radius 2 is 2.25 bits per heavy atom. The summed E-state index contributed by atoms with van der Waals surface area (Å²) in [4.78, 5) is 24.8. The predicted octanol–water partition coefficient (Wildman–Crippen LogP) is 1.18. The number of pyridine rings is 1. The van der Waals surface area contributed by atoms with Crippen molar-refractivity contribution < 1.29 is 19.2 Å². The van der Waals surface area contributed by atoms with Crippen molar-refractivity contribution in [1.82, 2.24) is 4.98 Å². The summed E-state index contributed by atoms with van der Waals surface area (Å²) in [6.45, 7) is 1.88. The van der Waals surface area contributed by atoms with E-state index in [9.17, 15) is 14.9 Å². The van der Waals surface area contributed by atoms with Crippen LogP contribution in [0.3, 0.4) is 0 Å². The number of hydrogen-bond acceptors (Lipinski definition) is 6. The predicted molar refractivity (Wildman–Crippen MR) is 53.4 cm³/mol. The number of aromatic nitrogens is 1. The zero-order valence-electron chi connectivity index (χ0n) is 8.80. The van der Waals surface area contributed by atoms with Crippen molar-refractivity contribution in [2.45, 2.75) is 6.92 Å². The molecule has 0 unspecified atom stereocenters. The van der Waals surface area contributed by atoms with Crippen LogP contribution in [0.2, 0.25) is 0 Å². The normalized spacial score (nSPS) is 9.62. The minimum atomic E-state index is -0.671. The molecule has 0 amide bonds. The zero-order valence-corrected chi connectivity index (χ0v) is 8.80. The van der Waals surface area contributed by atoms with E-state index in [1.165, 1.54) is 13.2 Å². The minimum absolute atomic E-state index is 0.0310. The Bertz CT molecular complexity index is 418. The molecule has 1 aromatic rings. The molecular formula is C9H10N2O5. The second-order valence-corrected chi connectivity index (χ2v) is 2.70. The summed E-state index contributed by atoms with van der Waals surface area (Å²) in [6.07, 6.45) is 0. The number of ether oxygens (including phenoxy) is 2. The first-order chi connectivity index (χ1) is 7.60. The van der Waals surface area contributed by atoms with Gasteiger partial charge in [-0.15, -0.1) is 0 Å². The molecule has 0 fully saturated rings. The average Bonchev–Trinajstić information content (AvgIpc) is 2.28. The maximum Gasteiger partial charge on any atom is 0.356 e. The van der Waals surface area contributed by atoms with Crippen LogP contribution in [0.15, 0.2) is 12.1 Å². The highest BCUT2D eigenvalue weighted by molar-refractivity contribution is 5.87. The molecule has 0 aliphatic rings. The molecule has 0 aromatic carbocycles. The fourth-order valence-electron chi connectivity index (χ4n) is 1.03. The molecule has 0 radical (unpaired) electrons. The van der Waals surface area contributed by atoms with E-state index in [0.29, 0.717) is 0 Å². The van der Waals surface area contributed by atoms with Gasteiger partial charge in [0.1, 0.15) is 0 Å². The number of carbonyl (C=O) groups is 1. The topological polar surface area (TPSA) is 91.6 Å². The Labute approximate surface area is 91.2 Å². The van der Waals surface area contributed by atoms with E-state index >= 15 is 0 Å². The summed E-state index contributed by atoms with van der Waals surface area (Å²) in [6, 6.07) is 2.37. The highest BCUT2D eigenvalue weighted by Gasteiger charge is 2.19. The van der Waals surface area contributed by atoms with Crippen LogP contribution in [-0.2, 0) is 4.74 Å². The summed E-state index contributed by atoms with van der Waals surface area (Å²) >= 11 is 0. The Kier molecular flexibility index (Phi) is 3.76. The van der Waals surface area contributed by atoms with E-state index in [4.69, 9.17) is 4.74 Å². The van der Waals surface area contributed by atoms with E-state index in [-0.39, 0.29) is 23.9 Å². The Balaban J connectivity index is 3.16. The lowest BCUT2D eigenvalue weighted by molar-refractivity contribution is -0.386. The number of methoxy groups -OCH3 is 1. The van der Waals surface area contributed by atoms with E-state index in [2.05, 4.69) is 9.72 Å². The Morgan fingerprint density at radius 3 is 2.75 bits per heavy atom. The third kappa shape index (κ3) is 2.44. The average molecular weight is 226 g/mol. The second kappa shape index (κ2) is 5.06. The standard InChI is InChI=1S/C9H10N2O5/c1-3-16-8-7(11(13)14)5-4-6(10-8)9(12)15-2/h4-5H,3H2,1-2H3. The Hall–Kier alpha value is -2.18. The lowest BCUT2D eigenvalue weighted by Crippen LogP contribution is -2.07. The summed E-state index contributed by atoms with van der Waals surface area (Å²) < 4.78 is 9.42. The number of hydrogen-bond donors (Lipinski definition) is 0. The van der Waals surface area contributed by atoms with Gasteiger partial charge >= 0.3 is 11.7 Å². The third-order valence-corrected chi connectivity index (χ3v) is 1.71. The first kappa shape index (κ1) is 11.9. The van der Waals surface area contributed by atoms with Crippen molar-refractivity contribution in [2.75, 3.05) is 13.7 Å². The quantitative estimate of drug-likeness (QED) is 0.434. The van der Waals surface area contributed by atoms with Gasteiger partial charge < -0.3 is 9.47 Å². The summed E-state index contributed by atoms with van der Waals surface area (Å²) in [5, 5.41) is 10.6. The number of nitrogens with zero attached hydrogens (tertiary/aromatic N) is 2. The van der Waals surface area contributed by atoms with Crippen LogP contribution >= 0.6 is 0 Å². The largest absolute Gasteiger partial charge is 0.473 e. The van der Waals surface area contributed by atoms with Crippen molar-refractivity contribution in [3.63, 3.8) is 0 Å². The van der Waals surface area contributed by atoms with Crippen LogP contribution in [0.5, 0.6) is 5.88 Å². The Morgan fingerprint density at radius 1 is 1.56 bits per heavy atom. The highest BCUT2D eigenvalue weighted by atomic mass is 16.6. The van der Waals surface area contributed by atoms with Gasteiger partial charge in [-0.2, -0.15) is 0 Å². The van der Waals surface area contributed by atoms with Gasteiger partial charge in [-0.3, -0.25) is 10.1 Å². The molecular weight excluding hydrogens is 216 g/mol. The van der Waals surface area contributed by atoms with E-state index in [0.717, 1.165) is 6.07 Å². The van der Waals surface area contributed by atoms with Crippen LogP contribution < -0.4 is 4.74 Å². The molecule has 1 aromatic heterocycles. The summed E-state index contributed by atoms with van der Waals surface area (Å²) in [7, 11) is 1.20. The maximum atomic E-state index is 11.1. The molecule has 0 bridgehead atoms. The van der Waals surface area contributed by atoms with Crippen molar-refractivity contribution in [2.24, 2.45) is 0 Å². The van der Waals surface area contributed by atoms with Crippen molar-refractivity contribution >= 4 is 11.7 Å². The number of esters is 1. The smallest absolute Gasteiger partial charge is 0.356 e. The fraction of sp³-hybridized carbons (Fsp3) is 0.333. The van der Waals surface area contributed by atoms with E-state index in [1.54, 1.807) is 6.92 Å². The molecule has 1 heterocycles. The molecule has 0 spiro atoms. The van der Waals surface area contributed by atoms with Gasteiger partial charge in [0.2, 0.25) is 0 Å². The van der Waals surface area contributed by atoms with Crippen LogP contribution in [-0.4, -0.2) is 29.6 Å². The van der Waals surface area contributed by atoms with Gasteiger partial charge in [0.25, 0.3) is 5.88 Å². The van der Waals surface area contributed by atoms with Crippen LogP contribution in [0, 0.1) is 10.1 Å². The van der Waals surface area contributed by atoms with Crippen LogP contribution in [0.25, 0.3) is 0 Å². The molecule has 7 nitrogen and oxygen atoms in total. The van der Waals surface area contributed by atoms with Gasteiger partial charge in [0, 0.05) is 6.07 Å². The molecule has 0 aliphatic heterocycles. The molecule has 0 N–H and O–H groups in total. The summed E-state index contributed by atoms with van der Waals surface area (Å²) in [5.41, 5.74) is -0.314. The van der Waals surface area contributed by atoms with Gasteiger partial charge in [-0.25, -0.2) is 9.78 Å². The number of nitro groups is 1. The van der Waals surface area contributed by atoms with Crippen molar-refractivity contribution in [3.8, 4) is 5.88 Å². The van der Waals surface area contributed by atoms with Crippen molar-refractivity contribution in [3.05, 3.63) is 27.9 Å². The number of carbonyl (C=O) groups excluding carboxylic acids is 1. The molecule has 0 saturated carbocycles. The second-order valence-electron chi connectivity index (χ2n) is 2.70. The molecule has 0 aliphatic carbocycles. The van der Waals surface area contributed by atoms with E-state index in [1.807, 2.05) is 0 Å². The van der Waals surface area contributed by atoms with Gasteiger partial charge in [-0.05, 0) is 13.0 Å². The van der Waals surface area contributed by atoms with Gasteiger partial charge in [0.15, 0.2) is 5.69 Å². The lowest BCUT2D eigenvalue weighted by Gasteiger charge is -2.04. The van der Waals surface area contributed by atoms with Crippen molar-refractivity contribution in [1.29, 1.82) is 0 Å². The maximum absolute atomic E-state index is 11.1. The lowest BCUT2D eigenvalue weighted by atomic mass is 10.3. The SMILES string of the molecule is CCOc1nc(C(=O)OC)ccc1[N+](=O)[O-]. The molecule has 86 valence electrons. The molecule has 7 heteroatoms. The minimum Gasteiger partial charge on any atom is -0.473 e. The molecule has 0 atom stereocenters. The molecule has 0 saturated heterocycles. The first-order valence-corrected chi connectivity index (χ1v) is 4.46. The van der Waals surface area contributed by atoms with Crippen LogP contribution in [0.1, 0.15) is 17.4 Å². The van der Waals surface area contributed by atoms with Gasteiger partial charge in [-0.1, -0.05) is 0 Å². The zero-order chi connectivity index (χ0) is 12.1. The third-order valence-electron chi connectivity index (χ3n) is 1.71. The monoisotopic (exact) mass is 226 g/mol. The van der Waals surface area contributed by atoms with Crippen LogP contribution in [0.4, 0.5) is 5.69 Å². The van der Waals surface area contributed by atoms with Gasteiger partial charge in [0.05, 0.1) is 18.6 Å². The summed E-state index contributed by atoms with van der Waals surface area (Å²) in [5.74, 6) is -0.855. The first-order valence-electron chi connectivity index (χ1n) is 4.46. The fourth-order valence-corrected chi connectivity index (χ4v) is 1.03. The number of rotatable bonds is 4. The molecule has 16 heavy (non-hydrogen) atoms. The van der Waals surface area contributed by atoms with E-state index < -0.39 is 10.9 Å².